The highest BCUT2D eigenvalue weighted by atomic mass is 19.4. The van der Waals surface area contributed by atoms with Crippen molar-refractivity contribution in [2.75, 3.05) is 19.7 Å². The molecule has 2 heterocycles. The quantitative estimate of drug-likeness (QED) is 0.585. The Bertz CT molecular complexity index is 1050. The van der Waals surface area contributed by atoms with Gasteiger partial charge in [-0.15, -0.1) is 0 Å². The van der Waals surface area contributed by atoms with E-state index in [1.54, 1.807) is 17.0 Å². The number of alkyl halides is 3. The van der Waals surface area contributed by atoms with Crippen molar-refractivity contribution in [1.82, 2.24) is 15.1 Å². The minimum atomic E-state index is -4.42. The molecule has 32 heavy (non-hydrogen) atoms. The van der Waals surface area contributed by atoms with Gasteiger partial charge < -0.3 is 14.4 Å². The first kappa shape index (κ1) is 21.7. The maximum atomic E-state index is 12.8. The van der Waals surface area contributed by atoms with Gasteiger partial charge in [0.1, 0.15) is 18.1 Å². The van der Waals surface area contributed by atoms with Crippen LogP contribution in [-0.2, 0) is 17.6 Å². The first-order valence-electron chi connectivity index (χ1n) is 10.2. The molecule has 1 amide bonds. The highest BCUT2D eigenvalue weighted by Crippen LogP contribution is 2.31. The lowest BCUT2D eigenvalue weighted by atomic mass is 10.1. The van der Waals surface area contributed by atoms with Gasteiger partial charge in [-0.05, 0) is 42.8 Å². The van der Waals surface area contributed by atoms with Crippen molar-refractivity contribution in [3.8, 4) is 11.5 Å². The molecule has 0 unspecified atom stereocenters. The number of carbonyl (C=O) groups is 1. The van der Waals surface area contributed by atoms with Crippen LogP contribution in [0.2, 0.25) is 0 Å². The highest BCUT2D eigenvalue weighted by Gasteiger charge is 2.31. The van der Waals surface area contributed by atoms with Gasteiger partial charge in [-0.2, -0.15) is 18.3 Å². The average molecular weight is 445 g/mol. The summed E-state index contributed by atoms with van der Waals surface area (Å²) in [5, 5.41) is 7.16. The Morgan fingerprint density at radius 2 is 1.84 bits per heavy atom. The molecule has 168 valence electrons. The molecule has 0 aliphatic carbocycles. The summed E-state index contributed by atoms with van der Waals surface area (Å²) >= 11 is 0. The number of para-hydroxylation sites is 1. The fraction of sp³-hybridized carbons (Fsp3) is 0.304. The molecule has 1 aliphatic heterocycles. The van der Waals surface area contributed by atoms with Gasteiger partial charge in [0, 0.05) is 19.0 Å². The van der Waals surface area contributed by atoms with Crippen LogP contribution in [0, 0.1) is 0 Å². The molecule has 1 aliphatic rings. The first-order valence-corrected chi connectivity index (χ1v) is 10.2. The Morgan fingerprint density at radius 3 is 2.62 bits per heavy atom. The maximum Gasteiger partial charge on any atom is 0.416 e. The van der Waals surface area contributed by atoms with Crippen molar-refractivity contribution >= 4 is 5.91 Å². The fourth-order valence-electron chi connectivity index (χ4n) is 3.57. The van der Waals surface area contributed by atoms with E-state index in [4.69, 9.17) is 9.47 Å². The number of aromatic nitrogens is 2. The number of aromatic amines is 1. The zero-order chi connectivity index (χ0) is 22.6. The lowest BCUT2D eigenvalue weighted by Crippen LogP contribution is -2.32. The number of hydrogen-bond donors (Lipinski definition) is 1. The summed E-state index contributed by atoms with van der Waals surface area (Å²) in [6, 6.07) is 15.7. The number of carbonyl (C=O) groups excluding carboxylic acids is 1. The molecule has 1 aromatic heterocycles. The number of nitrogens with zero attached hydrogens (tertiary/aromatic N) is 2. The standard InChI is InChI=1S/C23H22F3N3O3/c24-23(25,26)17-5-4-8-20(11-17)31-14-18-12-21(28-27-18)16-9-10-29(13-16)22(30)15-32-19-6-2-1-3-7-19/h1-8,11-12,16H,9-10,13-15H2,(H,27,28)/t16-/m1/s1. The predicted octanol–water partition coefficient (Wildman–Crippen LogP) is 4.40. The zero-order valence-electron chi connectivity index (χ0n) is 17.1. The van der Waals surface area contributed by atoms with Crippen LogP contribution >= 0.6 is 0 Å². The van der Waals surface area contributed by atoms with E-state index in [1.807, 2.05) is 24.3 Å². The fourth-order valence-corrected chi connectivity index (χ4v) is 3.57. The number of halogens is 3. The van der Waals surface area contributed by atoms with E-state index in [1.165, 1.54) is 12.1 Å². The van der Waals surface area contributed by atoms with Crippen LogP contribution in [0.5, 0.6) is 11.5 Å². The highest BCUT2D eigenvalue weighted by molar-refractivity contribution is 5.78. The molecular weight excluding hydrogens is 423 g/mol. The number of ether oxygens (including phenoxy) is 2. The Kier molecular flexibility index (Phi) is 6.34. The van der Waals surface area contributed by atoms with Crippen LogP contribution < -0.4 is 9.47 Å². The van der Waals surface area contributed by atoms with E-state index in [0.29, 0.717) is 24.5 Å². The molecule has 0 saturated carbocycles. The monoisotopic (exact) mass is 445 g/mol. The number of likely N-dealkylation sites (tertiary alicyclic amines) is 1. The van der Waals surface area contributed by atoms with Crippen molar-refractivity contribution in [3.05, 3.63) is 77.6 Å². The molecular formula is C23H22F3N3O3. The summed E-state index contributed by atoms with van der Waals surface area (Å²) < 4.78 is 49.5. The number of amides is 1. The number of H-pyrrole nitrogens is 1. The topological polar surface area (TPSA) is 67.4 Å². The van der Waals surface area contributed by atoms with Gasteiger partial charge in [-0.3, -0.25) is 9.89 Å². The Hall–Kier alpha value is -3.49. The van der Waals surface area contributed by atoms with E-state index in [0.717, 1.165) is 24.2 Å². The van der Waals surface area contributed by atoms with Crippen molar-refractivity contribution in [3.63, 3.8) is 0 Å². The van der Waals surface area contributed by atoms with Crippen LogP contribution in [-0.4, -0.2) is 40.7 Å². The molecule has 0 radical (unpaired) electrons. The Balaban J connectivity index is 1.28. The number of benzene rings is 2. The molecule has 1 atom stereocenters. The van der Waals surface area contributed by atoms with E-state index < -0.39 is 11.7 Å². The average Bonchev–Trinajstić information content (AvgIpc) is 3.46. The summed E-state index contributed by atoms with van der Waals surface area (Å²) in [4.78, 5) is 14.2. The van der Waals surface area contributed by atoms with Gasteiger partial charge >= 0.3 is 6.18 Å². The number of hydrogen-bond acceptors (Lipinski definition) is 4. The molecule has 0 bridgehead atoms. The van der Waals surface area contributed by atoms with Crippen molar-refractivity contribution in [2.24, 2.45) is 0 Å². The molecule has 4 rings (SSSR count). The van der Waals surface area contributed by atoms with Gasteiger partial charge in [0.05, 0.1) is 17.0 Å². The SMILES string of the molecule is O=C(COc1ccccc1)N1CC[C@@H](c2cc(COc3cccc(C(F)(F)F)c3)[nH]n2)C1. The van der Waals surface area contributed by atoms with Gasteiger partial charge in [-0.1, -0.05) is 24.3 Å². The van der Waals surface area contributed by atoms with Gasteiger partial charge in [-0.25, -0.2) is 0 Å². The van der Waals surface area contributed by atoms with Gasteiger partial charge in [0.15, 0.2) is 6.61 Å². The summed E-state index contributed by atoms with van der Waals surface area (Å²) in [7, 11) is 0. The first-order chi connectivity index (χ1) is 15.4. The second-order valence-corrected chi connectivity index (χ2v) is 7.56. The van der Waals surface area contributed by atoms with Crippen molar-refractivity contribution < 1.29 is 27.4 Å². The van der Waals surface area contributed by atoms with Crippen molar-refractivity contribution in [2.45, 2.75) is 25.1 Å². The van der Waals surface area contributed by atoms with E-state index in [-0.39, 0.29) is 30.8 Å². The third kappa shape index (κ3) is 5.40. The summed E-state index contributed by atoms with van der Waals surface area (Å²) in [5.74, 6) is 0.774. The Morgan fingerprint density at radius 1 is 1.06 bits per heavy atom. The third-order valence-corrected chi connectivity index (χ3v) is 5.27. The predicted molar refractivity (Wildman–Crippen MR) is 110 cm³/mol. The molecule has 9 heteroatoms. The minimum Gasteiger partial charge on any atom is -0.487 e. The lowest BCUT2D eigenvalue weighted by Gasteiger charge is -2.16. The van der Waals surface area contributed by atoms with Gasteiger partial charge in [0.2, 0.25) is 0 Å². The molecule has 1 saturated heterocycles. The zero-order valence-corrected chi connectivity index (χ0v) is 17.1. The van der Waals surface area contributed by atoms with Crippen LogP contribution in [0.15, 0.2) is 60.7 Å². The number of rotatable bonds is 7. The second-order valence-electron chi connectivity index (χ2n) is 7.56. The van der Waals surface area contributed by atoms with Crippen LogP contribution in [0.3, 0.4) is 0 Å². The third-order valence-electron chi connectivity index (χ3n) is 5.27. The molecule has 3 aromatic rings. The molecule has 6 nitrogen and oxygen atoms in total. The summed E-state index contributed by atoms with van der Waals surface area (Å²) in [6.45, 7) is 1.20. The smallest absolute Gasteiger partial charge is 0.416 e. The molecule has 1 N–H and O–H groups in total. The van der Waals surface area contributed by atoms with Crippen LogP contribution in [0.1, 0.15) is 29.3 Å². The normalized spacial score (nSPS) is 16.2. The minimum absolute atomic E-state index is 0.0205. The summed E-state index contributed by atoms with van der Waals surface area (Å²) in [6.07, 6.45) is -3.64. The molecule has 0 spiro atoms. The second kappa shape index (κ2) is 9.33. The molecule has 2 aromatic carbocycles. The van der Waals surface area contributed by atoms with Gasteiger partial charge in [0.25, 0.3) is 5.91 Å². The lowest BCUT2D eigenvalue weighted by molar-refractivity contribution is -0.137. The van der Waals surface area contributed by atoms with E-state index >= 15 is 0 Å². The summed E-state index contributed by atoms with van der Waals surface area (Å²) in [5.41, 5.74) is 0.689. The Labute approximate surface area is 183 Å². The van der Waals surface area contributed by atoms with E-state index in [9.17, 15) is 18.0 Å². The van der Waals surface area contributed by atoms with Crippen LogP contribution in [0.25, 0.3) is 0 Å². The van der Waals surface area contributed by atoms with E-state index in [2.05, 4.69) is 10.2 Å². The van der Waals surface area contributed by atoms with Crippen molar-refractivity contribution in [1.29, 1.82) is 0 Å². The largest absolute Gasteiger partial charge is 0.487 e. The number of nitrogens with one attached hydrogen (secondary N) is 1. The maximum absolute atomic E-state index is 12.8. The van der Waals surface area contributed by atoms with Crippen LogP contribution in [0.4, 0.5) is 13.2 Å². The molecule has 1 fully saturated rings.